The number of allylic oxidation sites excluding steroid dienone is 4. The van der Waals surface area contributed by atoms with Gasteiger partial charge in [-0.2, -0.15) is 0 Å². The lowest BCUT2D eigenvalue weighted by Crippen LogP contribution is -2.29. The van der Waals surface area contributed by atoms with E-state index in [9.17, 15) is 5.11 Å². The molecule has 2 unspecified atom stereocenters. The number of rotatable bonds is 7. The standard InChI is InChI=1S/C23H34O3/c1-16(12-13-23(4)17(2)8-7-9-18(23)3)10-11-19-14-20(25-5)15-21(26-6)22(19)24/h8,10,14-15,18,24H,7,9,11-13H2,1-6H3. The first-order valence-electron chi connectivity index (χ1n) is 9.58. The normalized spacial score (nSPS) is 23.5. The summed E-state index contributed by atoms with van der Waals surface area (Å²) in [7, 11) is 3.18. The molecule has 0 saturated heterocycles. The van der Waals surface area contributed by atoms with Crippen LogP contribution in [0, 0.1) is 11.3 Å². The molecule has 0 spiro atoms. The highest BCUT2D eigenvalue weighted by Gasteiger charge is 2.34. The van der Waals surface area contributed by atoms with Crippen LogP contribution < -0.4 is 9.47 Å². The summed E-state index contributed by atoms with van der Waals surface area (Å²) in [5.74, 6) is 2.08. The predicted octanol–water partition coefficient (Wildman–Crippen LogP) is 6.06. The second-order valence-electron chi connectivity index (χ2n) is 7.87. The Morgan fingerprint density at radius 1 is 1.31 bits per heavy atom. The zero-order valence-corrected chi connectivity index (χ0v) is 17.2. The smallest absolute Gasteiger partial charge is 0.164 e. The van der Waals surface area contributed by atoms with E-state index in [1.54, 1.807) is 25.9 Å². The van der Waals surface area contributed by atoms with E-state index in [4.69, 9.17) is 9.47 Å². The topological polar surface area (TPSA) is 38.7 Å². The molecule has 0 heterocycles. The molecule has 0 saturated carbocycles. The molecule has 3 nitrogen and oxygen atoms in total. The van der Waals surface area contributed by atoms with Gasteiger partial charge in [0.2, 0.25) is 0 Å². The van der Waals surface area contributed by atoms with Crippen LogP contribution in [0.25, 0.3) is 0 Å². The molecular weight excluding hydrogens is 324 g/mol. The van der Waals surface area contributed by atoms with Crippen molar-refractivity contribution in [2.45, 2.75) is 59.8 Å². The number of aromatic hydroxyl groups is 1. The van der Waals surface area contributed by atoms with E-state index in [0.29, 0.717) is 23.3 Å². The summed E-state index contributed by atoms with van der Waals surface area (Å²) in [5, 5.41) is 10.3. The zero-order chi connectivity index (χ0) is 19.3. The third kappa shape index (κ3) is 4.44. The van der Waals surface area contributed by atoms with Gasteiger partial charge in [-0.1, -0.05) is 37.1 Å². The van der Waals surface area contributed by atoms with Crippen LogP contribution in [-0.4, -0.2) is 19.3 Å². The number of hydrogen-bond acceptors (Lipinski definition) is 3. The van der Waals surface area contributed by atoms with Gasteiger partial charge in [-0.05, 0) is 63.4 Å². The maximum atomic E-state index is 10.3. The molecule has 1 aliphatic rings. The SMILES string of the molecule is COc1cc(CC=C(C)CCC2(C)C(C)=CCCC2C)c(O)c(OC)c1. The maximum Gasteiger partial charge on any atom is 0.164 e. The molecule has 0 amide bonds. The van der Waals surface area contributed by atoms with Crippen molar-refractivity contribution in [2.75, 3.05) is 14.2 Å². The van der Waals surface area contributed by atoms with Gasteiger partial charge in [0.05, 0.1) is 14.2 Å². The van der Waals surface area contributed by atoms with Crippen molar-refractivity contribution in [1.29, 1.82) is 0 Å². The fourth-order valence-corrected chi connectivity index (χ4v) is 3.84. The average Bonchev–Trinajstić information content (AvgIpc) is 2.63. The molecule has 0 fully saturated rings. The monoisotopic (exact) mass is 358 g/mol. The lowest BCUT2D eigenvalue weighted by atomic mass is 9.65. The average molecular weight is 359 g/mol. The Bertz CT molecular complexity index is 687. The molecular formula is C23H34O3. The molecule has 2 atom stereocenters. The fraction of sp³-hybridized carbons (Fsp3) is 0.565. The molecule has 0 bridgehead atoms. The van der Waals surface area contributed by atoms with Gasteiger partial charge in [0.1, 0.15) is 5.75 Å². The molecule has 0 aliphatic heterocycles. The minimum Gasteiger partial charge on any atom is -0.504 e. The lowest BCUT2D eigenvalue weighted by Gasteiger charge is -2.40. The highest BCUT2D eigenvalue weighted by atomic mass is 16.5. The Hall–Kier alpha value is -1.90. The summed E-state index contributed by atoms with van der Waals surface area (Å²) >= 11 is 0. The van der Waals surface area contributed by atoms with Gasteiger partial charge in [-0.15, -0.1) is 0 Å². The number of hydrogen-bond donors (Lipinski definition) is 1. The third-order valence-electron chi connectivity index (χ3n) is 6.33. The molecule has 26 heavy (non-hydrogen) atoms. The molecule has 0 aromatic heterocycles. The Kier molecular flexibility index (Phi) is 6.80. The summed E-state index contributed by atoms with van der Waals surface area (Å²) in [6, 6.07) is 3.58. The first-order chi connectivity index (χ1) is 12.3. The maximum absolute atomic E-state index is 10.3. The summed E-state index contributed by atoms with van der Waals surface area (Å²) < 4.78 is 10.5. The fourth-order valence-electron chi connectivity index (χ4n) is 3.84. The van der Waals surface area contributed by atoms with Crippen molar-refractivity contribution in [3.63, 3.8) is 0 Å². The number of ether oxygens (including phenoxy) is 2. The van der Waals surface area contributed by atoms with E-state index in [1.165, 1.54) is 24.8 Å². The second-order valence-corrected chi connectivity index (χ2v) is 7.87. The van der Waals surface area contributed by atoms with Crippen LogP contribution in [0.4, 0.5) is 0 Å². The van der Waals surface area contributed by atoms with Crippen molar-refractivity contribution in [1.82, 2.24) is 0 Å². The summed E-state index contributed by atoms with van der Waals surface area (Å²) in [5.41, 5.74) is 4.03. The molecule has 1 N–H and O–H groups in total. The van der Waals surface area contributed by atoms with Crippen molar-refractivity contribution in [3.8, 4) is 17.2 Å². The molecule has 1 aromatic rings. The van der Waals surface area contributed by atoms with Gasteiger partial charge in [0.15, 0.2) is 11.5 Å². The Labute approximate surface area is 158 Å². The highest BCUT2D eigenvalue weighted by molar-refractivity contribution is 5.51. The Balaban J connectivity index is 2.07. The van der Waals surface area contributed by atoms with Gasteiger partial charge in [-0.25, -0.2) is 0 Å². The number of phenolic OH excluding ortho intramolecular Hbond substituents is 1. The van der Waals surface area contributed by atoms with Gasteiger partial charge in [-0.3, -0.25) is 0 Å². The first kappa shape index (κ1) is 20.4. The number of phenols is 1. The zero-order valence-electron chi connectivity index (χ0n) is 17.2. The number of methoxy groups -OCH3 is 2. The van der Waals surface area contributed by atoms with Crippen molar-refractivity contribution >= 4 is 0 Å². The van der Waals surface area contributed by atoms with Crippen molar-refractivity contribution < 1.29 is 14.6 Å². The molecule has 0 radical (unpaired) electrons. The van der Waals surface area contributed by atoms with Crippen LogP contribution in [0.5, 0.6) is 17.2 Å². The summed E-state index contributed by atoms with van der Waals surface area (Å²) in [6.07, 6.45) is 10.1. The van der Waals surface area contributed by atoms with Crippen molar-refractivity contribution in [3.05, 3.63) is 41.0 Å². The lowest BCUT2D eigenvalue weighted by molar-refractivity contribution is 0.211. The van der Waals surface area contributed by atoms with E-state index >= 15 is 0 Å². The van der Waals surface area contributed by atoms with E-state index in [2.05, 4.69) is 39.8 Å². The van der Waals surface area contributed by atoms with Crippen LogP contribution >= 0.6 is 0 Å². The molecule has 1 aliphatic carbocycles. The molecule has 144 valence electrons. The van der Waals surface area contributed by atoms with Gasteiger partial charge in [0, 0.05) is 11.6 Å². The predicted molar refractivity (Wildman–Crippen MR) is 108 cm³/mol. The van der Waals surface area contributed by atoms with Crippen molar-refractivity contribution in [2.24, 2.45) is 11.3 Å². The van der Waals surface area contributed by atoms with Gasteiger partial charge >= 0.3 is 0 Å². The minimum atomic E-state index is 0.198. The quantitative estimate of drug-likeness (QED) is 0.602. The second kappa shape index (κ2) is 8.66. The largest absolute Gasteiger partial charge is 0.504 e. The Morgan fingerprint density at radius 3 is 2.65 bits per heavy atom. The number of benzene rings is 1. The van der Waals surface area contributed by atoms with E-state index in [-0.39, 0.29) is 5.75 Å². The van der Waals surface area contributed by atoms with Crippen LogP contribution in [0.2, 0.25) is 0 Å². The van der Waals surface area contributed by atoms with Gasteiger partial charge in [0.25, 0.3) is 0 Å². The van der Waals surface area contributed by atoms with Crippen LogP contribution in [0.3, 0.4) is 0 Å². The molecule has 2 rings (SSSR count). The van der Waals surface area contributed by atoms with Gasteiger partial charge < -0.3 is 14.6 Å². The van der Waals surface area contributed by atoms with Crippen LogP contribution in [0.1, 0.15) is 58.9 Å². The van der Waals surface area contributed by atoms with Crippen LogP contribution in [-0.2, 0) is 6.42 Å². The third-order valence-corrected chi connectivity index (χ3v) is 6.33. The first-order valence-corrected chi connectivity index (χ1v) is 9.58. The molecule has 3 heteroatoms. The minimum absolute atomic E-state index is 0.198. The van der Waals surface area contributed by atoms with E-state index < -0.39 is 0 Å². The van der Waals surface area contributed by atoms with E-state index in [1.807, 2.05) is 6.07 Å². The Morgan fingerprint density at radius 2 is 2.04 bits per heavy atom. The summed E-state index contributed by atoms with van der Waals surface area (Å²) in [4.78, 5) is 0. The van der Waals surface area contributed by atoms with Crippen LogP contribution in [0.15, 0.2) is 35.4 Å². The summed E-state index contributed by atoms with van der Waals surface area (Å²) in [6.45, 7) is 9.27. The molecule has 1 aromatic carbocycles. The van der Waals surface area contributed by atoms with E-state index in [0.717, 1.165) is 17.9 Å². The highest BCUT2D eigenvalue weighted by Crippen LogP contribution is 2.45.